The van der Waals surface area contributed by atoms with Crippen molar-refractivity contribution in [3.63, 3.8) is 0 Å². The Bertz CT molecular complexity index is 550. The summed E-state index contributed by atoms with van der Waals surface area (Å²) in [7, 11) is 0. The van der Waals surface area contributed by atoms with E-state index in [9.17, 15) is 4.79 Å². The minimum absolute atomic E-state index is 0.103. The maximum Gasteiger partial charge on any atom is 0.291 e. The predicted molar refractivity (Wildman–Crippen MR) is 82.9 cm³/mol. The van der Waals surface area contributed by atoms with Gasteiger partial charge in [-0.2, -0.15) is 5.10 Å². The van der Waals surface area contributed by atoms with Crippen LogP contribution in [-0.4, -0.2) is 29.0 Å². The average Bonchev–Trinajstić information content (AvgIpc) is 3.31. The Morgan fingerprint density at radius 2 is 2.14 bits per heavy atom. The first-order valence-electron chi connectivity index (χ1n) is 7.75. The topological polar surface area (TPSA) is 56.2 Å². The first kappa shape index (κ1) is 14.9. The summed E-state index contributed by atoms with van der Waals surface area (Å²) in [6.07, 6.45) is 6.00. The van der Waals surface area contributed by atoms with E-state index in [0.29, 0.717) is 29.1 Å². The lowest BCUT2D eigenvalue weighted by Gasteiger charge is -2.29. The summed E-state index contributed by atoms with van der Waals surface area (Å²) in [4.78, 5) is 12.5. The van der Waals surface area contributed by atoms with Gasteiger partial charge in [-0.25, -0.2) is 4.68 Å². The first-order chi connectivity index (χ1) is 10.1. The molecule has 21 heavy (non-hydrogen) atoms. The fraction of sp³-hybridized carbons (Fsp3) is 0.733. The van der Waals surface area contributed by atoms with Crippen molar-refractivity contribution in [3.05, 3.63) is 21.6 Å². The molecule has 0 radical (unpaired) electrons. The molecule has 116 valence electrons. The molecule has 0 bridgehead atoms. The lowest BCUT2D eigenvalue weighted by molar-refractivity contribution is 0.0622. The molecular weight excluding hydrogens is 290 g/mol. The summed E-state index contributed by atoms with van der Waals surface area (Å²) in [5, 5.41) is 7.88. The van der Waals surface area contributed by atoms with E-state index >= 15 is 0 Å². The molecule has 3 rings (SSSR count). The molecule has 0 spiro atoms. The minimum atomic E-state index is -0.103. The first-order valence-corrected chi connectivity index (χ1v) is 8.13. The van der Waals surface area contributed by atoms with E-state index in [2.05, 4.69) is 17.3 Å². The van der Waals surface area contributed by atoms with Gasteiger partial charge in [0.1, 0.15) is 5.69 Å². The van der Waals surface area contributed by atoms with Crippen LogP contribution in [0.5, 0.6) is 0 Å². The van der Waals surface area contributed by atoms with E-state index in [-0.39, 0.29) is 11.6 Å². The summed E-state index contributed by atoms with van der Waals surface area (Å²) in [6.45, 7) is 4.41. The zero-order valence-corrected chi connectivity index (χ0v) is 13.1. The van der Waals surface area contributed by atoms with Crippen LogP contribution >= 0.6 is 11.6 Å². The highest BCUT2D eigenvalue weighted by Crippen LogP contribution is 2.30. The molecule has 1 aliphatic heterocycles. The molecule has 2 heterocycles. The van der Waals surface area contributed by atoms with Crippen molar-refractivity contribution in [2.24, 2.45) is 11.8 Å². The third kappa shape index (κ3) is 3.58. The van der Waals surface area contributed by atoms with E-state index in [4.69, 9.17) is 16.3 Å². The summed E-state index contributed by atoms with van der Waals surface area (Å²) >= 11 is 6.17. The summed E-state index contributed by atoms with van der Waals surface area (Å²) in [5.74, 6) is 1.12. The highest BCUT2D eigenvalue weighted by molar-refractivity contribution is 6.33. The Morgan fingerprint density at radius 1 is 1.43 bits per heavy atom. The monoisotopic (exact) mass is 311 g/mol. The van der Waals surface area contributed by atoms with E-state index in [0.717, 1.165) is 26.1 Å². The molecule has 1 N–H and O–H groups in total. The van der Waals surface area contributed by atoms with Crippen LogP contribution in [0, 0.1) is 11.8 Å². The molecule has 2 aliphatic rings. The molecule has 1 aromatic rings. The number of hydrogen-bond donors (Lipinski definition) is 1. The van der Waals surface area contributed by atoms with Crippen LogP contribution in [0.2, 0.25) is 5.02 Å². The molecule has 1 saturated carbocycles. The van der Waals surface area contributed by atoms with Gasteiger partial charge < -0.3 is 10.1 Å². The van der Waals surface area contributed by atoms with Crippen LogP contribution < -0.4 is 10.9 Å². The van der Waals surface area contributed by atoms with Crippen molar-refractivity contribution in [3.8, 4) is 0 Å². The second kappa shape index (κ2) is 6.36. The van der Waals surface area contributed by atoms with Crippen molar-refractivity contribution < 1.29 is 4.74 Å². The number of halogens is 1. The van der Waals surface area contributed by atoms with Crippen LogP contribution in [0.25, 0.3) is 0 Å². The maximum absolute atomic E-state index is 12.5. The average molecular weight is 312 g/mol. The second-order valence-electron chi connectivity index (χ2n) is 6.18. The van der Waals surface area contributed by atoms with Gasteiger partial charge in [-0.1, -0.05) is 11.6 Å². The van der Waals surface area contributed by atoms with Crippen LogP contribution in [0.1, 0.15) is 32.6 Å². The van der Waals surface area contributed by atoms with Gasteiger partial charge in [0.25, 0.3) is 5.56 Å². The van der Waals surface area contributed by atoms with Gasteiger partial charge in [0.15, 0.2) is 0 Å². The Morgan fingerprint density at radius 3 is 2.81 bits per heavy atom. The molecule has 1 atom stereocenters. The highest BCUT2D eigenvalue weighted by Gasteiger charge is 2.25. The number of nitrogens with zero attached hydrogens (tertiary/aromatic N) is 2. The van der Waals surface area contributed by atoms with Gasteiger partial charge in [0.05, 0.1) is 11.2 Å². The van der Waals surface area contributed by atoms with Gasteiger partial charge in [-0.05, 0) is 44.4 Å². The number of rotatable bonds is 5. The lowest BCUT2D eigenvalue weighted by Crippen LogP contribution is -2.35. The van der Waals surface area contributed by atoms with Gasteiger partial charge in [0.2, 0.25) is 0 Å². The second-order valence-corrected chi connectivity index (χ2v) is 6.59. The molecular formula is C15H22ClN3O2. The van der Waals surface area contributed by atoms with E-state index in [1.54, 1.807) is 10.9 Å². The lowest BCUT2D eigenvalue weighted by atomic mass is 9.93. The molecule has 1 aliphatic carbocycles. The van der Waals surface area contributed by atoms with Gasteiger partial charge in [-0.3, -0.25) is 4.79 Å². The maximum atomic E-state index is 12.5. The normalized spacial score (nSPS) is 21.2. The number of hydrogen-bond acceptors (Lipinski definition) is 4. The number of nitrogens with one attached hydrogen (secondary N) is 1. The van der Waals surface area contributed by atoms with E-state index in [1.165, 1.54) is 12.8 Å². The molecule has 1 aromatic heterocycles. The van der Waals surface area contributed by atoms with Crippen LogP contribution in [0.3, 0.4) is 0 Å². The number of anilines is 1. The Kier molecular flexibility index (Phi) is 4.50. The summed E-state index contributed by atoms with van der Waals surface area (Å²) in [6, 6.07) is 0.205. The highest BCUT2D eigenvalue weighted by atomic mass is 35.5. The van der Waals surface area contributed by atoms with Crippen molar-refractivity contribution in [2.45, 2.75) is 45.2 Å². The van der Waals surface area contributed by atoms with Gasteiger partial charge >= 0.3 is 0 Å². The Hall–Kier alpha value is -1.07. The molecule has 1 saturated heterocycles. The fourth-order valence-corrected chi connectivity index (χ4v) is 3.01. The minimum Gasteiger partial charge on any atom is -0.381 e. The Balaban J connectivity index is 1.75. The van der Waals surface area contributed by atoms with Crippen molar-refractivity contribution >= 4 is 17.3 Å². The third-order valence-corrected chi connectivity index (χ3v) is 4.76. The third-order valence-electron chi connectivity index (χ3n) is 4.47. The van der Waals surface area contributed by atoms with E-state index < -0.39 is 0 Å². The summed E-state index contributed by atoms with van der Waals surface area (Å²) < 4.78 is 6.93. The van der Waals surface area contributed by atoms with Crippen molar-refractivity contribution in [1.29, 1.82) is 0 Å². The van der Waals surface area contributed by atoms with Crippen molar-refractivity contribution in [1.82, 2.24) is 9.78 Å². The standard InChI is InChI=1S/C15H22ClN3O2/c1-10(12-4-6-21-7-5-12)18-14-13(16)8-17-19(15(14)20)9-11-2-3-11/h8,10-12,18H,2-7,9H2,1H3. The largest absolute Gasteiger partial charge is 0.381 e. The van der Waals surface area contributed by atoms with Gasteiger partial charge in [0, 0.05) is 25.8 Å². The SMILES string of the molecule is CC(Nc1c(Cl)cnn(CC2CC2)c1=O)C1CCOCC1. The van der Waals surface area contributed by atoms with Crippen molar-refractivity contribution in [2.75, 3.05) is 18.5 Å². The Labute approximate surface area is 129 Å². The smallest absolute Gasteiger partial charge is 0.291 e. The zero-order chi connectivity index (χ0) is 14.8. The predicted octanol–water partition coefficient (Wildman–Crippen LogP) is 2.53. The van der Waals surface area contributed by atoms with Gasteiger partial charge in [-0.15, -0.1) is 0 Å². The van der Waals surface area contributed by atoms with E-state index in [1.807, 2.05) is 0 Å². The number of aromatic nitrogens is 2. The molecule has 0 amide bonds. The molecule has 0 aromatic carbocycles. The van der Waals surface area contributed by atoms with Crippen LogP contribution in [0.15, 0.2) is 11.0 Å². The molecule has 1 unspecified atom stereocenters. The molecule has 5 nitrogen and oxygen atoms in total. The van der Waals surface area contributed by atoms with Crippen LogP contribution in [-0.2, 0) is 11.3 Å². The molecule has 2 fully saturated rings. The summed E-state index contributed by atoms with van der Waals surface area (Å²) in [5.41, 5.74) is 0.389. The molecule has 6 heteroatoms. The zero-order valence-electron chi connectivity index (χ0n) is 12.3. The quantitative estimate of drug-likeness (QED) is 0.908. The number of ether oxygens (including phenoxy) is 1. The fourth-order valence-electron chi connectivity index (χ4n) is 2.84. The van der Waals surface area contributed by atoms with Crippen LogP contribution in [0.4, 0.5) is 5.69 Å².